The zero-order chi connectivity index (χ0) is 84.8. The molecular weight excluding hydrogens is 1570 g/mol. The maximum Gasteiger partial charge on any atom is 0.412 e. The number of phenolic OH excluding ortho intramolecular Hbond substituents is 2. The zero-order valence-electron chi connectivity index (χ0n) is 64.6. The van der Waals surface area contributed by atoms with Crippen molar-refractivity contribution < 1.29 is 127 Å². The molecule has 7 heterocycles. The fourth-order valence-corrected chi connectivity index (χ4v) is 15.3. The van der Waals surface area contributed by atoms with Gasteiger partial charge in [0.15, 0.2) is 41.5 Å². The molecule has 628 valence electrons. The van der Waals surface area contributed by atoms with Gasteiger partial charge in [-0.2, -0.15) is 0 Å². The SMILES string of the molecule is CCCCOc1ccc(CCNC(=O)Oc2cc(O)c3c(c2)[C@@H](C(=O)O)NC(=O)[C@H]2NC(=O)[C@H](CC(=O)[C@@H]4NC(=O)[C@H](CC(N)=O)CC(=O)[C@H](NC(=O)[C@H](CC)CC(C)C)[C@H](O)c5ccc(c(Cl)c5)Oc5cc4cc(c5O[C@@H]4O[C@H](CO)[C@@H](O)[C@H](O)[C@H]4O[C@H]4C[C@](C)(N)[C@H](O)[C@H](C)O4)Oc4ccc(cc4Cl)[C@H]2O)c2ccc(O)c-3c2)cc1. The Balaban J connectivity index is 1.10. The van der Waals surface area contributed by atoms with Crippen LogP contribution in [0.1, 0.15) is 156 Å². The molecule has 35 heteroatoms. The number of hydrogen-bond acceptors (Lipinski definition) is 26. The normalized spacial score (nSPS) is 27.0. The lowest BCUT2D eigenvalue weighted by atomic mass is 9.84. The van der Waals surface area contributed by atoms with Gasteiger partial charge in [0, 0.05) is 66.4 Å². The van der Waals surface area contributed by atoms with Crippen LogP contribution in [0.2, 0.25) is 10.0 Å². The van der Waals surface area contributed by atoms with E-state index in [-0.39, 0.29) is 58.5 Å². The van der Waals surface area contributed by atoms with Gasteiger partial charge in [-0.1, -0.05) is 87.6 Å². The number of hydrogen-bond donors (Lipinski definition) is 16. The number of ketones is 2. The number of amides is 6. The van der Waals surface area contributed by atoms with E-state index in [1.165, 1.54) is 32.0 Å². The first-order valence-corrected chi connectivity index (χ1v) is 39.0. The average Bonchev–Trinajstić information content (AvgIpc) is 0.763. The molecule has 7 aliphatic rings. The number of rotatable bonds is 21. The summed E-state index contributed by atoms with van der Waals surface area (Å²) in [5.41, 5.74) is 9.21. The van der Waals surface area contributed by atoms with Crippen molar-refractivity contribution in [3.63, 3.8) is 0 Å². The predicted octanol–water partition coefficient (Wildman–Crippen LogP) is 6.32. The minimum Gasteiger partial charge on any atom is -0.507 e. The molecule has 6 amide bonds. The molecule has 13 rings (SSSR count). The Morgan fingerprint density at radius 2 is 1.38 bits per heavy atom. The van der Waals surface area contributed by atoms with E-state index in [0.717, 1.165) is 79.1 Å². The van der Waals surface area contributed by atoms with Crippen LogP contribution in [0.3, 0.4) is 0 Å². The number of aromatic hydroxyl groups is 2. The number of aliphatic carboxylic acids is 1. The van der Waals surface area contributed by atoms with E-state index in [0.29, 0.717) is 25.2 Å². The summed E-state index contributed by atoms with van der Waals surface area (Å²) < 4.78 is 50.1. The van der Waals surface area contributed by atoms with Crippen LogP contribution >= 0.6 is 23.2 Å². The van der Waals surface area contributed by atoms with Crippen LogP contribution in [-0.2, 0) is 59.0 Å². The number of primary amides is 1. The minimum absolute atomic E-state index is 0.0132. The number of halogens is 2. The van der Waals surface area contributed by atoms with Gasteiger partial charge in [0.05, 0.1) is 47.3 Å². The summed E-state index contributed by atoms with van der Waals surface area (Å²) in [5, 5.41) is 117. The minimum atomic E-state index is -2.32. The Kier molecular flexibility index (Phi) is 28.1. The molecule has 18 N–H and O–H groups in total. The van der Waals surface area contributed by atoms with Crippen molar-refractivity contribution >= 4 is 76.4 Å². The number of ether oxygens (including phenoxy) is 8. The van der Waals surface area contributed by atoms with Gasteiger partial charge in [-0.15, -0.1) is 0 Å². The third kappa shape index (κ3) is 20.3. The van der Waals surface area contributed by atoms with Crippen LogP contribution in [0.5, 0.6) is 51.7 Å². The van der Waals surface area contributed by atoms with Gasteiger partial charge in [0.1, 0.15) is 83.1 Å². The topological polar surface area (TPSA) is 522 Å². The number of carboxylic acids is 1. The fraction of sp³-hybridized carbons (Fsp3) is 0.451. The first-order valence-electron chi connectivity index (χ1n) is 38.3. The van der Waals surface area contributed by atoms with Crippen molar-refractivity contribution in [1.82, 2.24) is 26.6 Å². The van der Waals surface area contributed by atoms with E-state index in [4.69, 9.17) is 72.6 Å². The van der Waals surface area contributed by atoms with Crippen molar-refractivity contribution in [2.75, 3.05) is 19.8 Å². The van der Waals surface area contributed by atoms with Crippen LogP contribution in [-0.4, -0.2) is 186 Å². The first kappa shape index (κ1) is 87.6. The monoisotopic (exact) mass is 1660 g/mol. The lowest BCUT2D eigenvalue weighted by Gasteiger charge is -2.47. The van der Waals surface area contributed by atoms with Gasteiger partial charge in [-0.05, 0) is 140 Å². The summed E-state index contributed by atoms with van der Waals surface area (Å²) in [6, 6.07) is 12.8. The Hall–Kier alpha value is -10.3. The predicted molar refractivity (Wildman–Crippen MR) is 416 cm³/mol. The molecular formula is C82H95Cl2N7O26. The molecule has 6 aromatic rings. The van der Waals surface area contributed by atoms with E-state index in [2.05, 4.69) is 26.6 Å². The molecule has 18 atom stereocenters. The summed E-state index contributed by atoms with van der Waals surface area (Å²) in [7, 11) is 0. The molecule has 0 aromatic heterocycles. The number of benzene rings is 6. The third-order valence-electron chi connectivity index (χ3n) is 21.2. The molecule has 2 saturated heterocycles. The number of unbranched alkanes of at least 4 members (excludes halogenated alkanes) is 1. The van der Waals surface area contributed by atoms with Gasteiger partial charge < -0.3 is 122 Å². The van der Waals surface area contributed by atoms with Gasteiger partial charge in [0.2, 0.25) is 41.6 Å². The highest BCUT2D eigenvalue weighted by molar-refractivity contribution is 6.32. The molecule has 0 unspecified atom stereocenters. The number of nitrogens with two attached hydrogens (primary N) is 2. The molecule has 33 nitrogen and oxygen atoms in total. The van der Waals surface area contributed by atoms with Crippen LogP contribution in [0, 0.1) is 17.8 Å². The molecule has 7 aliphatic heterocycles. The van der Waals surface area contributed by atoms with Crippen molar-refractivity contribution in [1.29, 1.82) is 0 Å². The summed E-state index contributed by atoms with van der Waals surface area (Å²) >= 11 is 14.3. The van der Waals surface area contributed by atoms with E-state index >= 15 is 24.0 Å². The van der Waals surface area contributed by atoms with Crippen LogP contribution in [0.4, 0.5) is 4.79 Å². The van der Waals surface area contributed by atoms with Crippen molar-refractivity contribution in [2.45, 2.75) is 196 Å². The lowest BCUT2D eigenvalue weighted by molar-refractivity contribution is -0.333. The number of nitrogens with one attached hydrogen (secondary N) is 5. The summed E-state index contributed by atoms with van der Waals surface area (Å²) in [4.78, 5) is 133. The highest BCUT2D eigenvalue weighted by Gasteiger charge is 2.52. The maximum atomic E-state index is 16.4. The van der Waals surface area contributed by atoms with Crippen molar-refractivity contribution in [3.05, 3.63) is 147 Å². The van der Waals surface area contributed by atoms with Crippen LogP contribution in [0.25, 0.3) is 11.1 Å². The molecule has 0 aliphatic carbocycles. The quantitative estimate of drug-likeness (QED) is 0.0350. The molecule has 2 fully saturated rings. The maximum absolute atomic E-state index is 16.4. The highest BCUT2D eigenvalue weighted by Crippen LogP contribution is 2.51. The molecule has 0 spiro atoms. The Morgan fingerprint density at radius 1 is 0.726 bits per heavy atom. The lowest BCUT2D eigenvalue weighted by Crippen LogP contribution is -2.64. The number of aliphatic hydroxyl groups excluding tert-OH is 6. The Labute approximate surface area is 681 Å². The van der Waals surface area contributed by atoms with Crippen molar-refractivity contribution in [3.8, 4) is 62.9 Å². The van der Waals surface area contributed by atoms with Gasteiger partial charge in [-0.25, -0.2) is 9.59 Å². The van der Waals surface area contributed by atoms with Crippen LogP contribution in [0.15, 0.2) is 103 Å². The van der Waals surface area contributed by atoms with Gasteiger partial charge >= 0.3 is 12.1 Å². The average molecular weight is 1670 g/mol. The second-order valence-electron chi connectivity index (χ2n) is 30.5. The molecule has 0 radical (unpaired) electrons. The number of fused-ring (bicyclic) bond motifs is 15. The fourth-order valence-electron chi connectivity index (χ4n) is 14.8. The number of Topliss-reactive ketones (excluding diaryl/α,β-unsaturated/α-hetero) is 2. The number of aliphatic hydroxyl groups is 6. The smallest absolute Gasteiger partial charge is 0.412 e. The van der Waals surface area contributed by atoms with E-state index in [1.807, 2.05) is 32.9 Å². The Bertz CT molecular complexity index is 4720. The van der Waals surface area contributed by atoms with E-state index in [9.17, 15) is 65.1 Å². The summed E-state index contributed by atoms with van der Waals surface area (Å²) in [5.74, 6) is -18.5. The Morgan fingerprint density at radius 3 is 1.99 bits per heavy atom. The third-order valence-corrected chi connectivity index (χ3v) is 21.8. The zero-order valence-corrected chi connectivity index (χ0v) is 66.1. The number of carboxylic acid groups (broad SMARTS) is 1. The molecule has 11 bridgehead atoms. The largest absolute Gasteiger partial charge is 0.507 e. The van der Waals surface area contributed by atoms with Crippen molar-refractivity contribution in [2.24, 2.45) is 29.2 Å². The number of carbonyl (C=O) groups excluding carboxylic acids is 8. The second-order valence-corrected chi connectivity index (χ2v) is 31.3. The van der Waals surface area contributed by atoms with E-state index in [1.54, 1.807) is 19.1 Å². The molecule has 6 aromatic carbocycles. The van der Waals surface area contributed by atoms with Gasteiger partial charge in [-0.3, -0.25) is 33.6 Å². The molecule has 0 saturated carbocycles. The summed E-state index contributed by atoms with van der Waals surface area (Å²) in [6.07, 6.45) is -19.0. The highest BCUT2D eigenvalue weighted by atomic mass is 35.5. The second kappa shape index (κ2) is 37.6. The first-order chi connectivity index (χ1) is 55.5. The van der Waals surface area contributed by atoms with Gasteiger partial charge in [0.25, 0.3) is 0 Å². The summed E-state index contributed by atoms with van der Waals surface area (Å²) in [6.45, 7) is 10.1. The van der Waals surface area contributed by atoms with E-state index < -0.39 is 250 Å². The van der Waals surface area contributed by atoms with Crippen LogP contribution < -0.4 is 61.7 Å². The standard InChI is InChI=1S/C82H95Cl2N7O26/c1-7-9-22-110-45-15-10-38(11-16-45)20-21-87-81(109)112-46-31-49-63(53(94)32-46)48-24-40(12-17-52(48)93)47-33-55(96)64-43-28-58(113-56-18-13-41(25-50(56)83)68(98)66(90-75(103)39(8-2)23-36(3)4)54(95)27-44(30-61(85)97)76(104)88-64)72(117-80-73(71(101)70(100)60(35-92)115-80)116-62-34-82(6,86)74(102)37(5)111-62)59(29-43)114-57-19-14-42(26-51(57)84)69(99)67(91-77(47)105)78(106)89-65(49)79(107)108/h10-19,24-26,28-29,31-32,36-37,39,44,47,60,62,64-71,73-74,80,92-94,98-102H,7-9,20-23,27,30,33-35,86H2,1-6H3,(H2,85,97)(H,87,109)(H,88,104)(H,89,106)(H,90,103)(H,91,105)(H,107,108)/t37-,39+,44-,47+,60+,62-,64+,65-,66-,67-,68+,69+,70+,71-,73+,74+,80-,82-/m0/s1. The number of phenols is 2. The number of carbonyl (C=O) groups is 9. The molecule has 117 heavy (non-hydrogen) atoms.